The highest BCUT2D eigenvalue weighted by molar-refractivity contribution is 7.91. The normalized spacial score (nSPS) is 15.0. The van der Waals surface area contributed by atoms with Gasteiger partial charge in [0.25, 0.3) is 0 Å². The number of carbonyl (C=O) groups excluding carboxylic acids is 1. The summed E-state index contributed by atoms with van der Waals surface area (Å²) < 4.78 is 28.4. The van der Waals surface area contributed by atoms with Crippen LogP contribution < -0.4 is 0 Å². The summed E-state index contributed by atoms with van der Waals surface area (Å²) in [5.41, 5.74) is 0. The predicted octanol–water partition coefficient (Wildman–Crippen LogP) is 0.991. The van der Waals surface area contributed by atoms with Crippen LogP contribution in [0.5, 0.6) is 0 Å². The summed E-state index contributed by atoms with van der Waals surface area (Å²) in [6, 6.07) is 3.35. The minimum absolute atomic E-state index is 0.0820. The van der Waals surface area contributed by atoms with Gasteiger partial charge in [0, 0.05) is 19.3 Å². The van der Waals surface area contributed by atoms with E-state index in [9.17, 15) is 13.2 Å². The second kappa shape index (κ2) is 7.09. The molecule has 0 aliphatic heterocycles. The number of hydrogen-bond acceptors (Lipinski definition) is 5. The van der Waals surface area contributed by atoms with Gasteiger partial charge in [0.05, 0.1) is 24.6 Å². The van der Waals surface area contributed by atoms with Gasteiger partial charge in [0.2, 0.25) is 5.91 Å². The molecule has 0 bridgehead atoms. The van der Waals surface area contributed by atoms with E-state index in [1.54, 1.807) is 43.1 Å². The molecule has 1 heterocycles. The van der Waals surface area contributed by atoms with Crippen LogP contribution in [0.25, 0.3) is 0 Å². The summed E-state index contributed by atoms with van der Waals surface area (Å²) >= 11 is 0. The lowest BCUT2D eigenvalue weighted by atomic mass is 10.2. The Balaban J connectivity index is 2.57. The fourth-order valence-corrected chi connectivity index (χ4v) is 2.84. The molecule has 1 amide bonds. The molecule has 120 valence electrons. The number of rotatable bonds is 7. The van der Waals surface area contributed by atoms with Crippen LogP contribution in [-0.2, 0) is 21.2 Å². The average molecular weight is 316 g/mol. The van der Waals surface area contributed by atoms with Gasteiger partial charge in [0.15, 0.2) is 9.84 Å². The van der Waals surface area contributed by atoms with Gasteiger partial charge < -0.3 is 9.32 Å². The Morgan fingerprint density at radius 2 is 1.95 bits per heavy atom. The molecule has 1 aromatic heterocycles. The number of sulfone groups is 1. The molecule has 0 aromatic carbocycles. The van der Waals surface area contributed by atoms with Crippen molar-refractivity contribution in [2.45, 2.75) is 31.7 Å². The zero-order chi connectivity index (χ0) is 16.2. The number of furan rings is 1. The quantitative estimate of drug-likeness (QED) is 0.750. The van der Waals surface area contributed by atoms with E-state index in [0.29, 0.717) is 12.3 Å². The third-order valence-corrected chi connectivity index (χ3v) is 5.58. The molecule has 2 atom stereocenters. The van der Waals surface area contributed by atoms with Gasteiger partial charge in [-0.15, -0.1) is 0 Å². The van der Waals surface area contributed by atoms with Gasteiger partial charge in [-0.25, -0.2) is 8.42 Å². The molecular weight excluding hydrogens is 292 g/mol. The van der Waals surface area contributed by atoms with E-state index in [-0.39, 0.29) is 18.5 Å². The van der Waals surface area contributed by atoms with Gasteiger partial charge in [0.1, 0.15) is 5.76 Å². The largest absolute Gasteiger partial charge is 0.467 e. The molecule has 0 aliphatic carbocycles. The molecule has 0 fully saturated rings. The molecule has 0 N–H and O–H groups in total. The first-order valence-corrected chi connectivity index (χ1v) is 8.73. The maximum Gasteiger partial charge on any atom is 0.236 e. The van der Waals surface area contributed by atoms with Crippen molar-refractivity contribution in [2.24, 2.45) is 0 Å². The first-order valence-electron chi connectivity index (χ1n) is 6.78. The minimum atomic E-state index is -3.13. The first kappa shape index (κ1) is 17.7. The third-order valence-electron chi connectivity index (χ3n) is 3.83. The van der Waals surface area contributed by atoms with Crippen molar-refractivity contribution < 1.29 is 17.6 Å². The summed E-state index contributed by atoms with van der Waals surface area (Å²) in [6.45, 7) is 4.03. The standard InChI is InChI=1S/C14H24N2O4S/c1-11(12(2)21(5,18)19)15(3)10-14(17)16(4)9-13-7-6-8-20-13/h6-8,11-12H,9-10H2,1-5H3/t11-,12+/m1/s1. The molecule has 0 radical (unpaired) electrons. The summed E-state index contributed by atoms with van der Waals surface area (Å²) in [5.74, 6) is 0.632. The van der Waals surface area contributed by atoms with Crippen LogP contribution in [0.15, 0.2) is 22.8 Å². The fraction of sp³-hybridized carbons (Fsp3) is 0.643. The molecule has 0 aliphatic rings. The lowest BCUT2D eigenvalue weighted by molar-refractivity contribution is -0.132. The van der Waals surface area contributed by atoms with E-state index in [2.05, 4.69) is 0 Å². The van der Waals surface area contributed by atoms with Gasteiger partial charge >= 0.3 is 0 Å². The molecule has 0 saturated heterocycles. The molecule has 1 rings (SSSR count). The maximum atomic E-state index is 12.1. The predicted molar refractivity (Wildman–Crippen MR) is 81.6 cm³/mol. The third kappa shape index (κ3) is 5.17. The summed E-state index contributed by atoms with van der Waals surface area (Å²) in [5, 5.41) is -0.523. The molecule has 0 saturated carbocycles. The van der Waals surface area contributed by atoms with Crippen LogP contribution in [0.2, 0.25) is 0 Å². The van der Waals surface area contributed by atoms with Crippen molar-refractivity contribution in [1.82, 2.24) is 9.80 Å². The van der Waals surface area contributed by atoms with Gasteiger partial charge in [-0.3, -0.25) is 9.69 Å². The number of amides is 1. The number of carbonyl (C=O) groups is 1. The number of nitrogens with zero attached hydrogens (tertiary/aromatic N) is 2. The highest BCUT2D eigenvalue weighted by Gasteiger charge is 2.27. The van der Waals surface area contributed by atoms with Crippen LogP contribution in [0, 0.1) is 0 Å². The zero-order valence-electron chi connectivity index (χ0n) is 13.2. The van der Waals surface area contributed by atoms with Crippen molar-refractivity contribution in [3.8, 4) is 0 Å². The Bertz CT molecular complexity index is 554. The fourth-order valence-electron chi connectivity index (χ4n) is 1.92. The lowest BCUT2D eigenvalue weighted by Crippen LogP contribution is -2.46. The van der Waals surface area contributed by atoms with Crippen molar-refractivity contribution in [1.29, 1.82) is 0 Å². The van der Waals surface area contributed by atoms with Crippen LogP contribution in [0.1, 0.15) is 19.6 Å². The first-order chi connectivity index (χ1) is 9.62. The van der Waals surface area contributed by atoms with E-state index in [4.69, 9.17) is 4.42 Å². The van der Waals surface area contributed by atoms with E-state index in [0.717, 1.165) is 0 Å². The van der Waals surface area contributed by atoms with Gasteiger partial charge in [-0.2, -0.15) is 0 Å². The second-order valence-electron chi connectivity index (χ2n) is 5.52. The van der Waals surface area contributed by atoms with E-state index >= 15 is 0 Å². The summed E-state index contributed by atoms with van der Waals surface area (Å²) in [4.78, 5) is 15.5. The molecule has 21 heavy (non-hydrogen) atoms. The van der Waals surface area contributed by atoms with E-state index in [1.165, 1.54) is 6.26 Å². The molecule has 6 nitrogen and oxygen atoms in total. The van der Waals surface area contributed by atoms with Crippen LogP contribution in [0.3, 0.4) is 0 Å². The molecule has 0 spiro atoms. The highest BCUT2D eigenvalue weighted by Crippen LogP contribution is 2.11. The second-order valence-corrected chi connectivity index (χ2v) is 7.92. The Hall–Kier alpha value is -1.34. The Kier molecular flexibility index (Phi) is 5.98. The number of likely N-dealkylation sites (N-methyl/N-ethyl adjacent to an activating group) is 2. The lowest BCUT2D eigenvalue weighted by Gasteiger charge is -2.29. The maximum absolute atomic E-state index is 12.1. The van der Waals surface area contributed by atoms with Crippen molar-refractivity contribution in [3.05, 3.63) is 24.2 Å². The smallest absolute Gasteiger partial charge is 0.236 e. The Morgan fingerprint density at radius 1 is 1.33 bits per heavy atom. The Labute approximate surface area is 126 Å². The molecule has 1 aromatic rings. The van der Waals surface area contributed by atoms with Crippen LogP contribution in [0.4, 0.5) is 0 Å². The molecule has 0 unspecified atom stereocenters. The zero-order valence-corrected chi connectivity index (χ0v) is 14.1. The molecular formula is C14H24N2O4S. The van der Waals surface area contributed by atoms with Gasteiger partial charge in [-0.05, 0) is 33.0 Å². The highest BCUT2D eigenvalue weighted by atomic mass is 32.2. The SMILES string of the molecule is C[C@H]([C@H](C)S(C)(=O)=O)N(C)CC(=O)N(C)Cc1ccco1. The Morgan fingerprint density at radius 3 is 2.43 bits per heavy atom. The van der Waals surface area contributed by atoms with Crippen LogP contribution >= 0.6 is 0 Å². The summed E-state index contributed by atoms with van der Waals surface area (Å²) in [6.07, 6.45) is 2.78. The van der Waals surface area contributed by atoms with E-state index < -0.39 is 15.1 Å². The monoisotopic (exact) mass is 316 g/mol. The van der Waals surface area contributed by atoms with Crippen molar-refractivity contribution >= 4 is 15.7 Å². The average Bonchev–Trinajstić information content (AvgIpc) is 2.88. The number of hydrogen-bond donors (Lipinski definition) is 0. The molecule has 7 heteroatoms. The van der Waals surface area contributed by atoms with Gasteiger partial charge in [-0.1, -0.05) is 0 Å². The van der Waals surface area contributed by atoms with E-state index in [1.807, 2.05) is 13.0 Å². The topological polar surface area (TPSA) is 70.8 Å². The van der Waals surface area contributed by atoms with Crippen molar-refractivity contribution in [2.75, 3.05) is 26.9 Å². The summed E-state index contributed by atoms with van der Waals surface area (Å²) in [7, 11) is 0.327. The minimum Gasteiger partial charge on any atom is -0.467 e. The van der Waals surface area contributed by atoms with Crippen LogP contribution in [-0.4, -0.2) is 62.3 Å². The van der Waals surface area contributed by atoms with Crippen molar-refractivity contribution in [3.63, 3.8) is 0 Å².